The highest BCUT2D eigenvalue weighted by molar-refractivity contribution is 5.68. The molecule has 7 nitrogen and oxygen atoms in total. The van der Waals surface area contributed by atoms with Crippen molar-refractivity contribution in [3.8, 4) is 0 Å². The second kappa shape index (κ2) is 4.52. The zero-order valence-corrected chi connectivity index (χ0v) is 10.5. The Morgan fingerprint density at radius 3 is 2.24 bits per heavy atom. The summed E-state index contributed by atoms with van der Waals surface area (Å²) in [4.78, 5) is 13.4. The molecule has 1 fully saturated rings. The topological polar surface area (TPSA) is 98.2 Å². The SMILES string of the molecule is CC1(C)CC(OC(=O)N=[N+]=[N-])CC(C)(C)N1[O]. The Balaban J connectivity index is 2.78. The standard InChI is InChI=1S/C10H17N4O3/c1-9(2)5-7(17-8(15)12-13-11)6-10(3,4)14(9)16/h7H,5-6H2,1-4H3. The number of carbonyl (C=O) groups is 1. The van der Waals surface area contributed by atoms with Crippen molar-refractivity contribution in [3.05, 3.63) is 10.4 Å². The molecule has 1 radical (unpaired) electrons. The number of nitrogens with zero attached hydrogens (tertiary/aromatic N) is 4. The molecule has 0 aliphatic carbocycles. The van der Waals surface area contributed by atoms with Gasteiger partial charge in [-0.2, -0.15) is 0 Å². The van der Waals surface area contributed by atoms with Crippen LogP contribution < -0.4 is 0 Å². The van der Waals surface area contributed by atoms with E-state index in [1.54, 1.807) is 27.7 Å². The maximum Gasteiger partial charge on any atom is 0.397 e. The Morgan fingerprint density at radius 1 is 1.35 bits per heavy atom. The number of rotatable bonds is 1. The quantitative estimate of drug-likeness (QED) is 0.401. The van der Waals surface area contributed by atoms with Gasteiger partial charge in [0.1, 0.15) is 6.10 Å². The predicted molar refractivity (Wildman–Crippen MR) is 59.3 cm³/mol. The number of hydroxylamine groups is 2. The lowest BCUT2D eigenvalue weighted by Crippen LogP contribution is -2.60. The van der Waals surface area contributed by atoms with Crippen molar-refractivity contribution >= 4 is 6.09 Å². The Hall–Kier alpha value is -1.30. The van der Waals surface area contributed by atoms with Gasteiger partial charge >= 0.3 is 6.09 Å². The molecule has 0 saturated carbocycles. The molecule has 1 aliphatic rings. The minimum atomic E-state index is -0.941. The third-order valence-electron chi connectivity index (χ3n) is 2.95. The van der Waals surface area contributed by atoms with Crippen molar-refractivity contribution in [3.63, 3.8) is 0 Å². The molecule has 0 N–H and O–H groups in total. The van der Waals surface area contributed by atoms with Gasteiger partial charge in [-0.1, -0.05) is 0 Å². The number of carbonyl (C=O) groups excluding carboxylic acids is 1. The monoisotopic (exact) mass is 241 g/mol. The molecule has 0 aromatic carbocycles. The van der Waals surface area contributed by atoms with Crippen LogP contribution in [0.3, 0.4) is 0 Å². The van der Waals surface area contributed by atoms with Crippen LogP contribution >= 0.6 is 0 Å². The maximum absolute atomic E-state index is 12.0. The molecule has 1 saturated heterocycles. The highest BCUT2D eigenvalue weighted by Crippen LogP contribution is 2.38. The first-order valence-corrected chi connectivity index (χ1v) is 5.42. The molecule has 0 aromatic heterocycles. The van der Waals surface area contributed by atoms with E-state index in [2.05, 4.69) is 10.0 Å². The van der Waals surface area contributed by atoms with Crippen LogP contribution in [0.2, 0.25) is 0 Å². The van der Waals surface area contributed by atoms with Crippen LogP contribution in [0.4, 0.5) is 4.79 Å². The molecule has 1 rings (SSSR count). The number of ether oxygens (including phenoxy) is 1. The lowest BCUT2D eigenvalue weighted by Gasteiger charge is -2.49. The van der Waals surface area contributed by atoms with Gasteiger partial charge in [-0.3, -0.25) is 0 Å². The van der Waals surface area contributed by atoms with Crippen molar-refractivity contribution in [2.45, 2.75) is 57.7 Å². The summed E-state index contributed by atoms with van der Waals surface area (Å²) >= 11 is 0. The summed E-state index contributed by atoms with van der Waals surface area (Å²) < 4.78 is 5.03. The van der Waals surface area contributed by atoms with Crippen molar-refractivity contribution in [1.29, 1.82) is 0 Å². The number of azide groups is 1. The molecule has 17 heavy (non-hydrogen) atoms. The van der Waals surface area contributed by atoms with E-state index in [0.717, 1.165) is 5.06 Å². The first-order chi connectivity index (χ1) is 7.69. The van der Waals surface area contributed by atoms with Gasteiger partial charge in [-0.05, 0) is 33.2 Å². The minimum Gasteiger partial charge on any atom is -0.457 e. The number of hydrogen-bond acceptors (Lipinski definition) is 3. The second-order valence-electron chi connectivity index (χ2n) is 5.52. The zero-order valence-electron chi connectivity index (χ0n) is 10.5. The highest BCUT2D eigenvalue weighted by atomic mass is 16.6. The van der Waals surface area contributed by atoms with Gasteiger partial charge in [-0.15, -0.1) is 10.3 Å². The van der Waals surface area contributed by atoms with E-state index in [1.807, 2.05) is 0 Å². The first-order valence-electron chi connectivity index (χ1n) is 5.42. The van der Waals surface area contributed by atoms with Crippen LogP contribution in [0.1, 0.15) is 40.5 Å². The van der Waals surface area contributed by atoms with E-state index in [4.69, 9.17) is 10.3 Å². The summed E-state index contributed by atoms with van der Waals surface area (Å²) in [5.74, 6) is 0. The van der Waals surface area contributed by atoms with Crippen molar-refractivity contribution < 1.29 is 14.7 Å². The summed E-state index contributed by atoms with van der Waals surface area (Å²) in [6.45, 7) is 7.20. The van der Waals surface area contributed by atoms with Crippen molar-refractivity contribution in [1.82, 2.24) is 5.06 Å². The van der Waals surface area contributed by atoms with Gasteiger partial charge in [0.25, 0.3) is 0 Å². The van der Waals surface area contributed by atoms with Gasteiger partial charge in [-0.25, -0.2) is 4.79 Å². The van der Waals surface area contributed by atoms with Crippen LogP contribution in [-0.2, 0) is 9.94 Å². The Morgan fingerprint density at radius 2 is 1.82 bits per heavy atom. The fourth-order valence-corrected chi connectivity index (χ4v) is 2.46. The molecular formula is C10H17N4O3. The van der Waals surface area contributed by atoms with Gasteiger partial charge in [0.15, 0.2) is 0 Å². The van der Waals surface area contributed by atoms with Crippen LogP contribution in [0, 0.1) is 0 Å². The molecule has 0 atom stereocenters. The van der Waals surface area contributed by atoms with E-state index >= 15 is 0 Å². The molecule has 1 heterocycles. The van der Waals surface area contributed by atoms with Crippen LogP contribution in [0.5, 0.6) is 0 Å². The number of piperidine rings is 1. The summed E-state index contributed by atoms with van der Waals surface area (Å²) in [5.41, 5.74) is 6.90. The van der Waals surface area contributed by atoms with Crippen LogP contribution in [-0.4, -0.2) is 28.3 Å². The molecule has 95 valence electrons. The second-order valence-corrected chi connectivity index (χ2v) is 5.52. The summed E-state index contributed by atoms with van der Waals surface area (Å²) in [6, 6.07) is 0. The van der Waals surface area contributed by atoms with Gasteiger partial charge in [0, 0.05) is 33.9 Å². The average molecular weight is 241 g/mol. The third kappa shape index (κ3) is 3.09. The molecule has 1 aliphatic heterocycles. The minimum absolute atomic E-state index is 0.400. The lowest BCUT2D eigenvalue weighted by molar-refractivity contribution is -0.297. The molecule has 0 unspecified atom stereocenters. The van der Waals surface area contributed by atoms with E-state index in [-0.39, 0.29) is 0 Å². The largest absolute Gasteiger partial charge is 0.457 e. The third-order valence-corrected chi connectivity index (χ3v) is 2.95. The normalized spacial score (nSPS) is 23.8. The summed E-state index contributed by atoms with van der Waals surface area (Å²) in [6.07, 6.45) is -0.495. The Labute approximate surface area is 99.9 Å². The zero-order chi connectivity index (χ0) is 13.3. The van der Waals surface area contributed by atoms with Gasteiger partial charge < -0.3 is 4.74 Å². The molecule has 0 spiro atoms. The lowest BCUT2D eigenvalue weighted by atomic mass is 9.80. The van der Waals surface area contributed by atoms with Crippen molar-refractivity contribution in [2.24, 2.45) is 5.11 Å². The smallest absolute Gasteiger partial charge is 0.397 e. The molecule has 1 amide bonds. The fraction of sp³-hybridized carbons (Fsp3) is 0.900. The number of amides is 1. The van der Waals surface area contributed by atoms with Crippen molar-refractivity contribution in [2.75, 3.05) is 0 Å². The van der Waals surface area contributed by atoms with Gasteiger partial charge in [0.2, 0.25) is 0 Å². The van der Waals surface area contributed by atoms with E-state index in [0.29, 0.717) is 12.8 Å². The average Bonchev–Trinajstić information content (AvgIpc) is 2.13. The Bertz CT molecular complexity index is 343. The first kappa shape index (κ1) is 13.8. The maximum atomic E-state index is 12.0. The van der Waals surface area contributed by atoms with Crippen LogP contribution in [0.15, 0.2) is 5.11 Å². The van der Waals surface area contributed by atoms with E-state index in [1.165, 1.54) is 0 Å². The molecule has 0 aromatic rings. The van der Waals surface area contributed by atoms with E-state index < -0.39 is 23.3 Å². The van der Waals surface area contributed by atoms with E-state index in [9.17, 15) is 10.0 Å². The predicted octanol–water partition coefficient (Wildman–Crippen LogP) is 2.80. The molecule has 0 bridgehead atoms. The fourth-order valence-electron chi connectivity index (χ4n) is 2.46. The Kier molecular flexibility index (Phi) is 3.66. The highest BCUT2D eigenvalue weighted by Gasteiger charge is 2.47. The summed E-state index contributed by atoms with van der Waals surface area (Å²) in [5, 5.41) is 15.9. The summed E-state index contributed by atoms with van der Waals surface area (Å²) in [7, 11) is 0. The number of hydrogen-bond donors (Lipinski definition) is 0. The molecule has 7 heteroatoms. The molecular weight excluding hydrogens is 224 g/mol. The van der Waals surface area contributed by atoms with Crippen LogP contribution in [0.25, 0.3) is 10.4 Å². The van der Waals surface area contributed by atoms with Gasteiger partial charge in [0.05, 0.1) is 0 Å².